The molecule has 2 aliphatic rings. The second-order valence-electron chi connectivity index (χ2n) is 8.70. The number of sulfone groups is 1. The van der Waals surface area contributed by atoms with Crippen LogP contribution in [-0.4, -0.2) is 57.0 Å². The first kappa shape index (κ1) is 21.9. The summed E-state index contributed by atoms with van der Waals surface area (Å²) in [7, 11) is -3.23. The summed E-state index contributed by atoms with van der Waals surface area (Å²) in [5, 5.41) is 0. The number of piperidine rings is 1. The monoisotopic (exact) mass is 424 g/mol. The van der Waals surface area contributed by atoms with Gasteiger partial charge in [0.15, 0.2) is 9.84 Å². The highest BCUT2D eigenvalue weighted by atomic mass is 32.2. The van der Waals surface area contributed by atoms with Gasteiger partial charge in [0.25, 0.3) is 0 Å². The Balaban J connectivity index is 1.33. The summed E-state index contributed by atoms with van der Waals surface area (Å²) in [6.45, 7) is 6.73. The summed E-state index contributed by atoms with van der Waals surface area (Å²) in [5.74, 6) is 2.91. The molecule has 29 heavy (non-hydrogen) atoms. The lowest BCUT2D eigenvalue weighted by atomic mass is 9.91. The zero-order valence-corrected chi connectivity index (χ0v) is 18.4. The molecular weight excluding hydrogens is 392 g/mol. The topological polar surface area (TPSA) is 85.8 Å². The maximum atomic E-state index is 12.1. The van der Waals surface area contributed by atoms with Crippen molar-refractivity contribution >= 4 is 15.9 Å². The third-order valence-corrected chi connectivity index (χ3v) is 6.89. The minimum atomic E-state index is -3.23. The summed E-state index contributed by atoms with van der Waals surface area (Å²) in [5.41, 5.74) is 0. The van der Waals surface area contributed by atoms with Crippen molar-refractivity contribution in [2.45, 2.75) is 44.4 Å². The van der Waals surface area contributed by atoms with E-state index in [2.05, 4.69) is 4.98 Å². The first-order valence-corrected chi connectivity index (χ1v) is 12.3. The van der Waals surface area contributed by atoms with Crippen molar-refractivity contribution in [3.8, 4) is 5.88 Å². The number of rotatable bonds is 8. The molecule has 0 N–H and O–H groups in total. The molecule has 7 nitrogen and oxygen atoms in total. The van der Waals surface area contributed by atoms with Gasteiger partial charge in [-0.3, -0.25) is 0 Å². The third-order valence-electron chi connectivity index (χ3n) is 5.80. The molecule has 8 heteroatoms. The van der Waals surface area contributed by atoms with E-state index >= 15 is 0 Å². The summed E-state index contributed by atoms with van der Waals surface area (Å²) >= 11 is 0. The number of hydrogen-bond acceptors (Lipinski definition) is 6. The Kier molecular flexibility index (Phi) is 7.03. The zero-order valence-electron chi connectivity index (χ0n) is 17.5. The van der Waals surface area contributed by atoms with E-state index in [-0.39, 0.29) is 11.0 Å². The highest BCUT2D eigenvalue weighted by Crippen LogP contribution is 2.49. The standard InChI is InChI=1S/C21H32N2O5S/c1-15(2)14-28-21(24)23-9-6-16(7-10-23)19-12-17(19)8-11-27-20-5-4-18(13-22-20)29(3,25)26/h4-5,13,15-17,19H,6-12,14H2,1-3H3. The maximum Gasteiger partial charge on any atom is 0.409 e. The van der Waals surface area contributed by atoms with Crippen molar-refractivity contribution in [1.82, 2.24) is 9.88 Å². The van der Waals surface area contributed by atoms with Gasteiger partial charge in [0.2, 0.25) is 5.88 Å². The van der Waals surface area contributed by atoms with Crippen LogP contribution < -0.4 is 4.74 Å². The van der Waals surface area contributed by atoms with Crippen molar-refractivity contribution in [3.05, 3.63) is 18.3 Å². The molecule has 0 spiro atoms. The van der Waals surface area contributed by atoms with E-state index in [1.807, 2.05) is 18.7 Å². The van der Waals surface area contributed by atoms with Crippen LogP contribution in [-0.2, 0) is 14.6 Å². The minimum absolute atomic E-state index is 0.174. The minimum Gasteiger partial charge on any atom is -0.478 e. The lowest BCUT2D eigenvalue weighted by Crippen LogP contribution is -2.39. The van der Waals surface area contributed by atoms with E-state index in [0.29, 0.717) is 36.8 Å². The molecule has 0 aromatic carbocycles. The number of nitrogens with zero attached hydrogens (tertiary/aromatic N) is 2. The normalized spacial score (nSPS) is 22.6. The number of ether oxygens (including phenoxy) is 2. The van der Waals surface area contributed by atoms with Gasteiger partial charge in [-0.25, -0.2) is 18.2 Å². The first-order valence-electron chi connectivity index (χ1n) is 10.4. The van der Waals surface area contributed by atoms with Crippen LogP contribution in [0.2, 0.25) is 0 Å². The van der Waals surface area contributed by atoms with Crippen molar-refractivity contribution in [1.29, 1.82) is 0 Å². The molecule has 1 saturated carbocycles. The predicted octanol–water partition coefficient (Wildman–Crippen LogP) is 3.39. The van der Waals surface area contributed by atoms with Crippen LogP contribution in [0.3, 0.4) is 0 Å². The summed E-state index contributed by atoms with van der Waals surface area (Å²) in [6.07, 6.45) is 6.64. The van der Waals surface area contributed by atoms with Gasteiger partial charge >= 0.3 is 6.09 Å². The Bertz CT molecular complexity index is 786. The smallest absolute Gasteiger partial charge is 0.409 e. The molecule has 2 heterocycles. The Morgan fingerprint density at radius 3 is 2.59 bits per heavy atom. The van der Waals surface area contributed by atoms with Gasteiger partial charge in [0.05, 0.1) is 18.1 Å². The van der Waals surface area contributed by atoms with Crippen LogP contribution in [0.4, 0.5) is 4.79 Å². The number of amides is 1. The predicted molar refractivity (Wildman–Crippen MR) is 110 cm³/mol. The zero-order chi connectivity index (χ0) is 21.0. The molecule has 3 rings (SSSR count). The number of carbonyl (C=O) groups is 1. The lowest BCUT2D eigenvalue weighted by molar-refractivity contribution is 0.0765. The van der Waals surface area contributed by atoms with Gasteiger partial charge in [-0.2, -0.15) is 0 Å². The average molecular weight is 425 g/mol. The average Bonchev–Trinajstić information content (AvgIpc) is 3.45. The van der Waals surface area contributed by atoms with Gasteiger partial charge in [-0.05, 0) is 55.4 Å². The summed E-state index contributed by atoms with van der Waals surface area (Å²) in [4.78, 5) is 18.2. The Morgan fingerprint density at radius 1 is 1.28 bits per heavy atom. The number of aromatic nitrogens is 1. The molecular formula is C21H32N2O5S. The van der Waals surface area contributed by atoms with Crippen LogP contribution in [0.5, 0.6) is 5.88 Å². The largest absolute Gasteiger partial charge is 0.478 e. The van der Waals surface area contributed by atoms with Gasteiger partial charge in [0.1, 0.15) is 0 Å². The van der Waals surface area contributed by atoms with E-state index in [0.717, 1.165) is 44.5 Å². The Hall–Kier alpha value is -1.83. The molecule has 162 valence electrons. The number of carbonyl (C=O) groups excluding carboxylic acids is 1. The molecule has 1 aromatic heterocycles. The SMILES string of the molecule is CC(C)COC(=O)N1CCC(C2CC2CCOc2ccc(S(C)(=O)=O)cn2)CC1. The van der Waals surface area contributed by atoms with E-state index in [1.165, 1.54) is 18.7 Å². The highest BCUT2D eigenvalue weighted by molar-refractivity contribution is 7.90. The Morgan fingerprint density at radius 2 is 2.00 bits per heavy atom. The van der Waals surface area contributed by atoms with Crippen molar-refractivity contribution < 1.29 is 22.7 Å². The molecule has 1 saturated heterocycles. The molecule has 0 radical (unpaired) electrons. The van der Waals surface area contributed by atoms with Crippen LogP contribution in [0.25, 0.3) is 0 Å². The number of pyridine rings is 1. The van der Waals surface area contributed by atoms with E-state index in [9.17, 15) is 13.2 Å². The van der Waals surface area contributed by atoms with E-state index in [4.69, 9.17) is 9.47 Å². The fraction of sp³-hybridized carbons (Fsp3) is 0.714. The van der Waals surface area contributed by atoms with E-state index in [1.54, 1.807) is 6.07 Å². The van der Waals surface area contributed by atoms with Crippen LogP contribution >= 0.6 is 0 Å². The molecule has 1 amide bonds. The quantitative estimate of drug-likeness (QED) is 0.636. The number of likely N-dealkylation sites (tertiary alicyclic amines) is 1. The van der Waals surface area contributed by atoms with Crippen molar-refractivity contribution in [2.75, 3.05) is 32.6 Å². The van der Waals surface area contributed by atoms with Crippen LogP contribution in [0.1, 0.15) is 39.5 Å². The molecule has 1 aliphatic carbocycles. The van der Waals surface area contributed by atoms with Gasteiger partial charge < -0.3 is 14.4 Å². The Labute approximate surface area is 173 Å². The van der Waals surface area contributed by atoms with Gasteiger partial charge in [0, 0.05) is 31.6 Å². The maximum absolute atomic E-state index is 12.1. The fourth-order valence-electron chi connectivity index (χ4n) is 4.01. The van der Waals surface area contributed by atoms with E-state index < -0.39 is 9.84 Å². The van der Waals surface area contributed by atoms with Crippen molar-refractivity contribution in [3.63, 3.8) is 0 Å². The summed E-state index contributed by atoms with van der Waals surface area (Å²) in [6, 6.07) is 3.13. The van der Waals surface area contributed by atoms with Gasteiger partial charge in [-0.1, -0.05) is 13.8 Å². The molecule has 2 atom stereocenters. The second-order valence-corrected chi connectivity index (χ2v) is 10.7. The molecule has 0 bridgehead atoms. The van der Waals surface area contributed by atoms with Gasteiger partial charge in [-0.15, -0.1) is 0 Å². The van der Waals surface area contributed by atoms with Crippen molar-refractivity contribution in [2.24, 2.45) is 23.7 Å². The summed E-state index contributed by atoms with van der Waals surface area (Å²) < 4.78 is 33.9. The number of hydrogen-bond donors (Lipinski definition) is 0. The van der Waals surface area contributed by atoms with Crippen LogP contribution in [0.15, 0.2) is 23.2 Å². The third kappa shape index (κ3) is 6.32. The second kappa shape index (κ2) is 9.32. The van der Waals surface area contributed by atoms with Crippen LogP contribution in [0, 0.1) is 23.7 Å². The molecule has 1 aliphatic heterocycles. The highest BCUT2D eigenvalue weighted by Gasteiger charge is 2.43. The first-order chi connectivity index (χ1) is 13.7. The molecule has 2 fully saturated rings. The fourth-order valence-corrected chi connectivity index (χ4v) is 4.57. The molecule has 1 aromatic rings. The molecule has 2 unspecified atom stereocenters. The lowest BCUT2D eigenvalue weighted by Gasteiger charge is -2.31.